The molecule has 0 saturated heterocycles. The van der Waals surface area contributed by atoms with E-state index in [9.17, 15) is 19.8 Å². The van der Waals surface area contributed by atoms with Gasteiger partial charge in [0.2, 0.25) is 5.91 Å². The van der Waals surface area contributed by atoms with Crippen LogP contribution in [-0.2, 0) is 14.3 Å². The number of aliphatic hydroxyl groups is 2. The van der Waals surface area contributed by atoms with E-state index in [2.05, 4.69) is 74.7 Å². The molecule has 0 aliphatic heterocycles. The number of hydrogen-bond donors (Lipinski definition) is 3. The molecule has 0 aromatic heterocycles. The van der Waals surface area contributed by atoms with Crippen molar-refractivity contribution in [3.63, 3.8) is 0 Å². The molecule has 3 atom stereocenters. The Morgan fingerprint density at radius 2 is 0.932 bits per heavy atom. The predicted octanol–water partition coefficient (Wildman–Crippen LogP) is 14.8. The van der Waals surface area contributed by atoms with E-state index in [1.807, 2.05) is 12.2 Å². The quantitative estimate of drug-likeness (QED) is 0.0323. The fourth-order valence-corrected chi connectivity index (χ4v) is 7.24. The van der Waals surface area contributed by atoms with Crippen molar-refractivity contribution in [3.05, 3.63) is 60.8 Å². The van der Waals surface area contributed by atoms with Crippen molar-refractivity contribution in [1.29, 1.82) is 0 Å². The summed E-state index contributed by atoms with van der Waals surface area (Å²) in [4.78, 5) is 26.0. The van der Waals surface area contributed by atoms with Crippen LogP contribution in [0.4, 0.5) is 0 Å². The Bertz CT molecular complexity index is 1060. The third kappa shape index (κ3) is 42.1. The first-order valence-corrected chi connectivity index (χ1v) is 25.0. The summed E-state index contributed by atoms with van der Waals surface area (Å²) < 4.78 is 5.84. The molecule has 0 aromatic carbocycles. The van der Waals surface area contributed by atoms with Gasteiger partial charge in [-0.15, -0.1) is 0 Å². The van der Waals surface area contributed by atoms with Crippen LogP contribution >= 0.6 is 0 Å². The lowest BCUT2D eigenvalue weighted by Crippen LogP contribution is -2.46. The third-order valence-electron chi connectivity index (χ3n) is 11.1. The minimum absolute atomic E-state index is 0.00249. The number of aliphatic hydroxyl groups excluding tert-OH is 2. The molecule has 342 valence electrons. The fourth-order valence-electron chi connectivity index (χ4n) is 7.24. The molecule has 0 bridgehead atoms. The van der Waals surface area contributed by atoms with Crippen LogP contribution in [0.15, 0.2) is 60.8 Å². The highest BCUT2D eigenvalue weighted by Gasteiger charge is 2.23. The summed E-state index contributed by atoms with van der Waals surface area (Å²) in [5, 5.41) is 23.7. The van der Waals surface area contributed by atoms with Crippen molar-refractivity contribution in [2.45, 2.75) is 257 Å². The summed E-state index contributed by atoms with van der Waals surface area (Å²) in [6, 6.07) is -0.732. The second kappa shape index (κ2) is 46.6. The summed E-state index contributed by atoms with van der Waals surface area (Å²) in [6.07, 6.45) is 57.3. The molecule has 0 spiro atoms. The number of ether oxygens (including phenoxy) is 1. The normalized spacial score (nSPS) is 13.8. The first-order chi connectivity index (χ1) is 29.0. The van der Waals surface area contributed by atoms with Crippen molar-refractivity contribution >= 4 is 11.9 Å². The standard InChI is InChI=1S/C53H95NO5/c1-4-7-10-13-16-19-22-24-26-28-30-32-35-38-41-44-49(59-53(58)46-43-40-37-34-21-18-15-12-9-6-3)47-52(57)54-50(48-55)51(56)45-42-39-36-33-31-29-27-25-23-20-17-14-11-8-5-2/h12,15-16,19,24,26,30,32,38,41,49-51,55-56H,4-11,13-14,17-18,20-23,25,27-29,31,33-37,39-40,42-48H2,1-3H3,(H,54,57)/b15-12-,19-16-,26-24-,32-30-,41-38-. The number of carbonyl (C=O) groups is 2. The molecule has 0 aliphatic rings. The lowest BCUT2D eigenvalue weighted by atomic mass is 10.0. The lowest BCUT2D eigenvalue weighted by molar-refractivity contribution is -0.150. The Morgan fingerprint density at radius 1 is 0.508 bits per heavy atom. The number of esters is 1. The van der Waals surface area contributed by atoms with Crippen LogP contribution in [0.5, 0.6) is 0 Å². The number of carbonyl (C=O) groups excluding carboxylic acids is 2. The van der Waals surface area contributed by atoms with Gasteiger partial charge in [-0.25, -0.2) is 0 Å². The van der Waals surface area contributed by atoms with E-state index < -0.39 is 18.2 Å². The number of allylic oxidation sites excluding steroid dienone is 9. The van der Waals surface area contributed by atoms with Gasteiger partial charge in [-0.3, -0.25) is 9.59 Å². The smallest absolute Gasteiger partial charge is 0.306 e. The Kier molecular flexibility index (Phi) is 44.7. The van der Waals surface area contributed by atoms with Gasteiger partial charge >= 0.3 is 5.97 Å². The highest BCUT2D eigenvalue weighted by molar-refractivity contribution is 5.77. The molecule has 0 aromatic rings. The molecular formula is C53H95NO5. The molecule has 0 saturated carbocycles. The van der Waals surface area contributed by atoms with E-state index in [1.54, 1.807) is 0 Å². The number of amides is 1. The SMILES string of the molecule is CCC/C=C\CCCCCCCC(=O)OC(C/C=C\C/C=C\C/C=C\C/C=C\CCCCC)CC(=O)NC(CO)C(O)CCCCCCCCCCCCCCCCC. The Morgan fingerprint density at radius 3 is 1.47 bits per heavy atom. The number of unbranched alkanes of at least 4 members (excludes halogenated alkanes) is 23. The van der Waals surface area contributed by atoms with E-state index in [0.29, 0.717) is 19.3 Å². The summed E-state index contributed by atoms with van der Waals surface area (Å²) in [5.74, 6) is -0.589. The Labute approximate surface area is 365 Å². The van der Waals surface area contributed by atoms with Crippen LogP contribution in [0.3, 0.4) is 0 Å². The predicted molar refractivity (Wildman–Crippen MR) is 255 cm³/mol. The molecule has 0 aliphatic carbocycles. The van der Waals surface area contributed by atoms with Gasteiger partial charge in [0.15, 0.2) is 0 Å². The van der Waals surface area contributed by atoms with Gasteiger partial charge in [0.1, 0.15) is 6.10 Å². The lowest BCUT2D eigenvalue weighted by Gasteiger charge is -2.24. The average Bonchev–Trinajstić information content (AvgIpc) is 3.23. The van der Waals surface area contributed by atoms with E-state index in [-0.39, 0.29) is 24.9 Å². The largest absolute Gasteiger partial charge is 0.461 e. The first-order valence-electron chi connectivity index (χ1n) is 25.0. The van der Waals surface area contributed by atoms with Crippen LogP contribution < -0.4 is 5.32 Å². The van der Waals surface area contributed by atoms with Gasteiger partial charge < -0.3 is 20.3 Å². The molecule has 59 heavy (non-hydrogen) atoms. The Balaban J connectivity index is 4.67. The van der Waals surface area contributed by atoms with E-state index in [0.717, 1.165) is 77.0 Å². The summed E-state index contributed by atoms with van der Waals surface area (Å²) >= 11 is 0. The van der Waals surface area contributed by atoms with Crippen molar-refractivity contribution < 1.29 is 24.5 Å². The highest BCUT2D eigenvalue weighted by Crippen LogP contribution is 2.16. The monoisotopic (exact) mass is 826 g/mol. The zero-order valence-corrected chi connectivity index (χ0v) is 38.9. The van der Waals surface area contributed by atoms with Gasteiger partial charge in [0.25, 0.3) is 0 Å². The first kappa shape index (κ1) is 56.6. The molecule has 6 nitrogen and oxygen atoms in total. The maximum absolute atomic E-state index is 13.2. The molecule has 0 rings (SSSR count). The number of nitrogens with one attached hydrogen (secondary N) is 1. The molecule has 3 unspecified atom stereocenters. The summed E-state index contributed by atoms with van der Waals surface area (Å²) in [6.45, 7) is 6.36. The number of rotatable bonds is 44. The van der Waals surface area contributed by atoms with Crippen molar-refractivity contribution in [2.75, 3.05) is 6.61 Å². The van der Waals surface area contributed by atoms with Crippen molar-refractivity contribution in [2.24, 2.45) is 0 Å². The molecule has 0 fully saturated rings. The molecule has 1 amide bonds. The summed E-state index contributed by atoms with van der Waals surface area (Å²) in [7, 11) is 0. The van der Waals surface area contributed by atoms with Crippen LogP contribution in [0, 0.1) is 0 Å². The second-order valence-electron chi connectivity index (χ2n) is 16.9. The van der Waals surface area contributed by atoms with Gasteiger partial charge in [-0.05, 0) is 64.2 Å². The number of hydrogen-bond acceptors (Lipinski definition) is 5. The topological polar surface area (TPSA) is 95.9 Å². The fraction of sp³-hybridized carbons (Fsp3) is 0.774. The average molecular weight is 826 g/mol. The van der Waals surface area contributed by atoms with Crippen LogP contribution in [0.1, 0.15) is 239 Å². The third-order valence-corrected chi connectivity index (χ3v) is 11.1. The summed E-state index contributed by atoms with van der Waals surface area (Å²) in [5.41, 5.74) is 0. The minimum atomic E-state index is -0.812. The van der Waals surface area contributed by atoms with Crippen LogP contribution in [0.2, 0.25) is 0 Å². The maximum Gasteiger partial charge on any atom is 0.306 e. The van der Waals surface area contributed by atoms with Crippen molar-refractivity contribution in [1.82, 2.24) is 5.32 Å². The van der Waals surface area contributed by atoms with Gasteiger partial charge in [0.05, 0.1) is 25.2 Å². The molecule has 3 N–H and O–H groups in total. The van der Waals surface area contributed by atoms with Crippen LogP contribution in [-0.4, -0.2) is 46.9 Å². The van der Waals surface area contributed by atoms with Gasteiger partial charge in [-0.2, -0.15) is 0 Å². The van der Waals surface area contributed by atoms with Crippen molar-refractivity contribution in [3.8, 4) is 0 Å². The molecular weight excluding hydrogens is 731 g/mol. The Hall–Kier alpha value is -2.44. The van der Waals surface area contributed by atoms with E-state index in [4.69, 9.17) is 4.74 Å². The van der Waals surface area contributed by atoms with Gasteiger partial charge in [0, 0.05) is 12.8 Å². The van der Waals surface area contributed by atoms with E-state index in [1.165, 1.54) is 116 Å². The van der Waals surface area contributed by atoms with Gasteiger partial charge in [-0.1, -0.05) is 216 Å². The molecule has 0 heterocycles. The highest BCUT2D eigenvalue weighted by atomic mass is 16.5. The molecule has 6 heteroatoms. The maximum atomic E-state index is 13.2. The molecule has 0 radical (unpaired) electrons. The minimum Gasteiger partial charge on any atom is -0.461 e. The zero-order valence-electron chi connectivity index (χ0n) is 38.9. The second-order valence-corrected chi connectivity index (χ2v) is 16.9. The van der Waals surface area contributed by atoms with E-state index >= 15 is 0 Å². The zero-order chi connectivity index (χ0) is 43.1. The van der Waals surface area contributed by atoms with Crippen LogP contribution in [0.25, 0.3) is 0 Å².